The van der Waals surface area contributed by atoms with Gasteiger partial charge in [-0.25, -0.2) is 0 Å². The average molecular weight is 327 g/mol. The average Bonchev–Trinajstić information content (AvgIpc) is 3.22. The zero-order chi connectivity index (χ0) is 16.5. The Labute approximate surface area is 142 Å². The molecule has 1 amide bonds. The number of hydrogen-bond acceptors (Lipinski definition) is 3. The van der Waals surface area contributed by atoms with Gasteiger partial charge in [0.05, 0.1) is 25.3 Å². The highest BCUT2D eigenvalue weighted by Crippen LogP contribution is 2.22. The summed E-state index contributed by atoms with van der Waals surface area (Å²) >= 11 is 0. The molecule has 2 fully saturated rings. The summed E-state index contributed by atoms with van der Waals surface area (Å²) in [6.45, 7) is 3.57. The molecule has 0 radical (unpaired) electrons. The van der Waals surface area contributed by atoms with E-state index in [1.807, 2.05) is 42.1 Å². The normalized spacial score (nSPS) is 25.2. The first kappa shape index (κ1) is 15.7. The van der Waals surface area contributed by atoms with E-state index in [0.29, 0.717) is 12.6 Å². The van der Waals surface area contributed by atoms with E-state index in [9.17, 15) is 4.79 Å². The van der Waals surface area contributed by atoms with Crippen LogP contribution in [-0.4, -0.2) is 53.8 Å². The number of benzene rings is 1. The number of hydrogen-bond donors (Lipinski definition) is 1. The van der Waals surface area contributed by atoms with Crippen molar-refractivity contribution in [1.82, 2.24) is 14.8 Å². The molecule has 0 saturated carbocycles. The molecule has 5 heteroatoms. The maximum absolute atomic E-state index is 12.9. The van der Waals surface area contributed by atoms with Crippen LogP contribution in [0.15, 0.2) is 30.5 Å². The summed E-state index contributed by atoms with van der Waals surface area (Å²) in [6, 6.07) is 8.30. The molecule has 128 valence electrons. The van der Waals surface area contributed by atoms with Crippen molar-refractivity contribution in [2.45, 2.75) is 31.3 Å². The van der Waals surface area contributed by atoms with E-state index in [0.717, 1.165) is 36.2 Å². The maximum atomic E-state index is 12.9. The molecule has 1 N–H and O–H groups in total. The molecular weight excluding hydrogens is 302 g/mol. The van der Waals surface area contributed by atoms with Crippen molar-refractivity contribution in [3.63, 3.8) is 0 Å². The first-order chi connectivity index (χ1) is 11.7. The number of piperidine rings is 1. The SMILES string of the molecule is Cn1ccc2c(C(=O)N[C@H]3COC[C@@H]3N3CCCCC3)cccc21. The Balaban J connectivity index is 1.52. The fourth-order valence-electron chi connectivity index (χ4n) is 4.04. The summed E-state index contributed by atoms with van der Waals surface area (Å²) in [7, 11) is 2.00. The summed E-state index contributed by atoms with van der Waals surface area (Å²) in [6.07, 6.45) is 5.81. The minimum Gasteiger partial charge on any atom is -0.378 e. The summed E-state index contributed by atoms with van der Waals surface area (Å²) in [4.78, 5) is 15.3. The summed E-state index contributed by atoms with van der Waals surface area (Å²) in [5, 5.41) is 4.23. The van der Waals surface area contributed by atoms with Crippen molar-refractivity contribution < 1.29 is 9.53 Å². The van der Waals surface area contributed by atoms with Gasteiger partial charge in [-0.2, -0.15) is 0 Å². The van der Waals surface area contributed by atoms with Gasteiger partial charge < -0.3 is 14.6 Å². The standard InChI is InChI=1S/C19H25N3O2/c1-21-11-8-14-15(6-5-7-17(14)21)19(23)20-16-12-24-13-18(16)22-9-3-2-4-10-22/h5-8,11,16,18H,2-4,9-10,12-13H2,1H3,(H,20,23)/t16-,18-/m0/s1. The second-order valence-electron chi connectivity index (χ2n) is 6.95. The molecule has 2 aliphatic rings. The number of carbonyl (C=O) groups excluding carboxylic acids is 1. The topological polar surface area (TPSA) is 46.5 Å². The molecule has 5 nitrogen and oxygen atoms in total. The Kier molecular flexibility index (Phi) is 4.29. The van der Waals surface area contributed by atoms with Gasteiger partial charge in [-0.05, 0) is 44.1 Å². The fraction of sp³-hybridized carbons (Fsp3) is 0.526. The molecule has 2 atom stereocenters. The highest BCUT2D eigenvalue weighted by Gasteiger charge is 2.34. The number of amides is 1. The number of likely N-dealkylation sites (tertiary alicyclic amines) is 1. The van der Waals surface area contributed by atoms with E-state index in [2.05, 4.69) is 10.2 Å². The lowest BCUT2D eigenvalue weighted by Gasteiger charge is -2.34. The molecule has 4 rings (SSSR count). The van der Waals surface area contributed by atoms with Crippen LogP contribution in [0, 0.1) is 0 Å². The molecule has 3 heterocycles. The Morgan fingerprint density at radius 3 is 2.83 bits per heavy atom. The van der Waals surface area contributed by atoms with Gasteiger partial charge in [0.2, 0.25) is 0 Å². The van der Waals surface area contributed by atoms with Crippen molar-refractivity contribution in [3.05, 3.63) is 36.0 Å². The first-order valence-corrected chi connectivity index (χ1v) is 8.91. The number of aromatic nitrogens is 1. The van der Waals surface area contributed by atoms with Gasteiger partial charge in [0.25, 0.3) is 5.91 Å². The quantitative estimate of drug-likeness (QED) is 0.940. The Morgan fingerprint density at radius 2 is 2.00 bits per heavy atom. The van der Waals surface area contributed by atoms with E-state index in [1.165, 1.54) is 19.3 Å². The fourth-order valence-corrected chi connectivity index (χ4v) is 4.04. The lowest BCUT2D eigenvalue weighted by atomic mass is 10.0. The summed E-state index contributed by atoms with van der Waals surface area (Å²) in [5.74, 6) is 0.00399. The number of carbonyl (C=O) groups is 1. The Morgan fingerprint density at radius 1 is 1.17 bits per heavy atom. The van der Waals surface area contributed by atoms with E-state index >= 15 is 0 Å². The molecule has 0 aliphatic carbocycles. The highest BCUT2D eigenvalue weighted by atomic mass is 16.5. The van der Waals surface area contributed by atoms with Gasteiger partial charge in [-0.1, -0.05) is 12.5 Å². The molecule has 2 saturated heterocycles. The van der Waals surface area contributed by atoms with Gasteiger partial charge in [0, 0.05) is 29.7 Å². The van der Waals surface area contributed by atoms with Crippen LogP contribution in [0.1, 0.15) is 29.6 Å². The molecule has 1 aromatic carbocycles. The van der Waals surface area contributed by atoms with Gasteiger partial charge in [0.1, 0.15) is 0 Å². The number of fused-ring (bicyclic) bond motifs is 1. The molecule has 0 bridgehead atoms. The van der Waals surface area contributed by atoms with Crippen LogP contribution in [-0.2, 0) is 11.8 Å². The van der Waals surface area contributed by atoms with Crippen molar-refractivity contribution in [2.24, 2.45) is 7.05 Å². The number of ether oxygens (including phenoxy) is 1. The van der Waals surface area contributed by atoms with Crippen LogP contribution in [0.2, 0.25) is 0 Å². The third kappa shape index (κ3) is 2.82. The zero-order valence-corrected chi connectivity index (χ0v) is 14.2. The van der Waals surface area contributed by atoms with Crippen molar-refractivity contribution in [1.29, 1.82) is 0 Å². The number of aryl methyl sites for hydroxylation is 1. The van der Waals surface area contributed by atoms with E-state index in [1.54, 1.807) is 0 Å². The van der Waals surface area contributed by atoms with Crippen LogP contribution < -0.4 is 5.32 Å². The molecule has 0 spiro atoms. The van der Waals surface area contributed by atoms with Crippen LogP contribution in [0.3, 0.4) is 0 Å². The van der Waals surface area contributed by atoms with E-state index < -0.39 is 0 Å². The summed E-state index contributed by atoms with van der Waals surface area (Å²) < 4.78 is 7.73. The Bertz CT molecular complexity index is 733. The van der Waals surface area contributed by atoms with E-state index in [4.69, 9.17) is 4.74 Å². The van der Waals surface area contributed by atoms with Crippen LogP contribution in [0.5, 0.6) is 0 Å². The van der Waals surface area contributed by atoms with Crippen LogP contribution >= 0.6 is 0 Å². The monoisotopic (exact) mass is 327 g/mol. The lowest BCUT2D eigenvalue weighted by molar-refractivity contribution is 0.0901. The smallest absolute Gasteiger partial charge is 0.252 e. The predicted molar refractivity (Wildman–Crippen MR) is 94.2 cm³/mol. The highest BCUT2D eigenvalue weighted by molar-refractivity contribution is 6.06. The predicted octanol–water partition coefficient (Wildman–Crippen LogP) is 2.16. The van der Waals surface area contributed by atoms with Crippen molar-refractivity contribution >= 4 is 16.8 Å². The second kappa shape index (κ2) is 6.57. The van der Waals surface area contributed by atoms with Crippen molar-refractivity contribution in [3.8, 4) is 0 Å². The number of rotatable bonds is 3. The van der Waals surface area contributed by atoms with Gasteiger partial charge in [0.15, 0.2) is 0 Å². The van der Waals surface area contributed by atoms with Gasteiger partial charge >= 0.3 is 0 Å². The maximum Gasteiger partial charge on any atom is 0.252 e. The van der Waals surface area contributed by atoms with E-state index in [-0.39, 0.29) is 11.9 Å². The number of nitrogens with one attached hydrogen (secondary N) is 1. The van der Waals surface area contributed by atoms with Crippen LogP contribution in [0.25, 0.3) is 10.9 Å². The van der Waals surface area contributed by atoms with Crippen molar-refractivity contribution in [2.75, 3.05) is 26.3 Å². The molecule has 1 aromatic heterocycles. The molecule has 2 aromatic rings. The summed E-state index contributed by atoms with van der Waals surface area (Å²) in [5.41, 5.74) is 1.83. The van der Waals surface area contributed by atoms with Crippen LogP contribution in [0.4, 0.5) is 0 Å². The number of nitrogens with zero attached hydrogens (tertiary/aromatic N) is 2. The van der Waals surface area contributed by atoms with Gasteiger partial charge in [-0.15, -0.1) is 0 Å². The Hall–Kier alpha value is -1.85. The molecule has 2 aliphatic heterocycles. The largest absolute Gasteiger partial charge is 0.378 e. The lowest BCUT2D eigenvalue weighted by Crippen LogP contribution is -2.52. The third-order valence-corrected chi connectivity index (χ3v) is 5.40. The first-order valence-electron chi connectivity index (χ1n) is 8.91. The third-order valence-electron chi connectivity index (χ3n) is 5.40. The second-order valence-corrected chi connectivity index (χ2v) is 6.95. The minimum atomic E-state index is 0.00399. The zero-order valence-electron chi connectivity index (χ0n) is 14.2. The van der Waals surface area contributed by atoms with Gasteiger partial charge in [-0.3, -0.25) is 9.69 Å². The molecule has 24 heavy (non-hydrogen) atoms. The molecule has 0 unspecified atom stereocenters. The molecular formula is C19H25N3O2. The minimum absolute atomic E-state index is 0.00399.